The van der Waals surface area contributed by atoms with Crippen LogP contribution in [0.4, 0.5) is 0 Å². The van der Waals surface area contributed by atoms with Gasteiger partial charge >= 0.3 is 5.97 Å². The molecule has 2 atom stereocenters. The van der Waals surface area contributed by atoms with E-state index in [2.05, 4.69) is 6.92 Å². The number of nitrogens with two attached hydrogens (primary N) is 1. The molecule has 2 unspecified atom stereocenters. The number of rotatable bonds is 8. The molecule has 20 heavy (non-hydrogen) atoms. The molecule has 0 spiro atoms. The van der Waals surface area contributed by atoms with Crippen molar-refractivity contribution in [2.24, 2.45) is 17.6 Å². The molecule has 0 saturated carbocycles. The van der Waals surface area contributed by atoms with Crippen LogP contribution in [0, 0.1) is 11.8 Å². The number of hydrogen-bond acceptors (Lipinski definition) is 2. The average Bonchev–Trinajstić information content (AvgIpc) is 2.40. The van der Waals surface area contributed by atoms with Crippen LogP contribution in [0.3, 0.4) is 0 Å². The molecular formula is C15H21Cl2NO2. The van der Waals surface area contributed by atoms with Crippen LogP contribution in [-0.4, -0.2) is 17.6 Å². The van der Waals surface area contributed by atoms with Gasteiger partial charge in [0.05, 0.1) is 5.92 Å². The quantitative estimate of drug-likeness (QED) is 0.761. The van der Waals surface area contributed by atoms with Crippen LogP contribution in [0.1, 0.15) is 31.7 Å². The number of benzene rings is 1. The fourth-order valence-corrected chi connectivity index (χ4v) is 2.78. The first-order valence-electron chi connectivity index (χ1n) is 6.84. The van der Waals surface area contributed by atoms with Crippen LogP contribution in [0.25, 0.3) is 0 Å². The van der Waals surface area contributed by atoms with E-state index < -0.39 is 11.9 Å². The maximum atomic E-state index is 11.0. The Kier molecular flexibility index (Phi) is 7.35. The lowest BCUT2D eigenvalue weighted by Gasteiger charge is -2.19. The Morgan fingerprint density at radius 2 is 2.10 bits per heavy atom. The number of aliphatic carboxylic acids is 1. The molecule has 0 aliphatic rings. The Hall–Kier alpha value is -0.770. The molecule has 0 bridgehead atoms. The van der Waals surface area contributed by atoms with Crippen LogP contribution >= 0.6 is 23.2 Å². The summed E-state index contributed by atoms with van der Waals surface area (Å²) in [5.41, 5.74) is 6.56. The van der Waals surface area contributed by atoms with E-state index >= 15 is 0 Å². The number of carboxylic acid groups (broad SMARTS) is 1. The lowest BCUT2D eigenvalue weighted by atomic mass is 9.88. The highest BCUT2D eigenvalue weighted by Gasteiger charge is 2.20. The molecule has 5 heteroatoms. The number of halogens is 2. The summed E-state index contributed by atoms with van der Waals surface area (Å²) in [6.07, 6.45) is 3.29. The molecule has 112 valence electrons. The standard InChI is InChI=1S/C15H21Cl2NO2/c1-2-10(7-12(9-18)15(19)20)3-4-11-5-6-13(16)8-14(11)17/h5-6,8,10,12H,2-4,7,9,18H2,1H3,(H,19,20). The summed E-state index contributed by atoms with van der Waals surface area (Å²) < 4.78 is 0. The van der Waals surface area contributed by atoms with Crippen molar-refractivity contribution >= 4 is 29.2 Å². The lowest BCUT2D eigenvalue weighted by Crippen LogP contribution is -2.26. The molecule has 0 aliphatic carbocycles. The minimum absolute atomic E-state index is 0.188. The highest BCUT2D eigenvalue weighted by Crippen LogP contribution is 2.26. The van der Waals surface area contributed by atoms with Crippen LogP contribution in [0.2, 0.25) is 10.0 Å². The van der Waals surface area contributed by atoms with Crippen molar-refractivity contribution in [1.29, 1.82) is 0 Å². The molecule has 1 rings (SSSR count). The molecule has 3 nitrogen and oxygen atoms in total. The summed E-state index contributed by atoms with van der Waals surface area (Å²) in [4.78, 5) is 11.0. The van der Waals surface area contributed by atoms with Gasteiger partial charge in [0.15, 0.2) is 0 Å². The summed E-state index contributed by atoms with van der Waals surface area (Å²) in [5.74, 6) is -0.928. The van der Waals surface area contributed by atoms with Gasteiger partial charge in [-0.15, -0.1) is 0 Å². The molecule has 0 fully saturated rings. The lowest BCUT2D eigenvalue weighted by molar-refractivity contribution is -0.142. The first kappa shape index (κ1) is 17.3. The van der Waals surface area contributed by atoms with Gasteiger partial charge < -0.3 is 10.8 Å². The molecule has 0 saturated heterocycles. The van der Waals surface area contributed by atoms with E-state index in [9.17, 15) is 4.79 Å². The minimum Gasteiger partial charge on any atom is -0.481 e. The number of carboxylic acids is 1. The average molecular weight is 318 g/mol. The van der Waals surface area contributed by atoms with Crippen molar-refractivity contribution in [3.8, 4) is 0 Å². The first-order valence-corrected chi connectivity index (χ1v) is 7.60. The van der Waals surface area contributed by atoms with Gasteiger partial charge in [-0.05, 0) is 42.9 Å². The summed E-state index contributed by atoms with van der Waals surface area (Å²) in [6, 6.07) is 5.48. The molecule has 0 aliphatic heterocycles. The second-order valence-electron chi connectivity index (χ2n) is 5.06. The first-order chi connectivity index (χ1) is 9.47. The van der Waals surface area contributed by atoms with Crippen molar-refractivity contribution in [1.82, 2.24) is 0 Å². The maximum absolute atomic E-state index is 11.0. The zero-order chi connectivity index (χ0) is 15.1. The molecule has 1 aromatic rings. The SMILES string of the molecule is CCC(CCc1ccc(Cl)cc1Cl)CC(CN)C(=O)O. The van der Waals surface area contributed by atoms with E-state index in [0.717, 1.165) is 24.8 Å². The van der Waals surface area contributed by atoms with Crippen molar-refractivity contribution in [2.75, 3.05) is 6.54 Å². The van der Waals surface area contributed by atoms with E-state index in [1.54, 1.807) is 6.07 Å². The number of aryl methyl sites for hydroxylation is 1. The Morgan fingerprint density at radius 3 is 2.60 bits per heavy atom. The van der Waals surface area contributed by atoms with Crippen LogP contribution in [0.5, 0.6) is 0 Å². The molecule has 0 aromatic heterocycles. The second-order valence-corrected chi connectivity index (χ2v) is 5.90. The van der Waals surface area contributed by atoms with E-state index in [4.69, 9.17) is 34.0 Å². The van der Waals surface area contributed by atoms with E-state index in [1.807, 2.05) is 12.1 Å². The van der Waals surface area contributed by atoms with Crippen molar-refractivity contribution in [3.05, 3.63) is 33.8 Å². The van der Waals surface area contributed by atoms with Crippen LogP contribution < -0.4 is 5.73 Å². The maximum Gasteiger partial charge on any atom is 0.307 e. The summed E-state index contributed by atoms with van der Waals surface area (Å²) in [5, 5.41) is 10.4. The third-order valence-electron chi connectivity index (χ3n) is 3.67. The zero-order valence-corrected chi connectivity index (χ0v) is 13.1. The third-order valence-corrected chi connectivity index (χ3v) is 4.25. The molecule has 3 N–H and O–H groups in total. The smallest absolute Gasteiger partial charge is 0.307 e. The van der Waals surface area contributed by atoms with Crippen LogP contribution in [0.15, 0.2) is 18.2 Å². The van der Waals surface area contributed by atoms with Gasteiger partial charge in [0.1, 0.15) is 0 Å². The highest BCUT2D eigenvalue weighted by atomic mass is 35.5. The Labute approximate surface area is 130 Å². The Balaban J connectivity index is 2.58. The van der Waals surface area contributed by atoms with E-state index in [0.29, 0.717) is 22.4 Å². The normalized spacial score (nSPS) is 14.0. The fraction of sp³-hybridized carbons (Fsp3) is 0.533. The molecule has 0 heterocycles. The van der Waals surface area contributed by atoms with Gasteiger partial charge in [0.25, 0.3) is 0 Å². The largest absolute Gasteiger partial charge is 0.481 e. The van der Waals surface area contributed by atoms with Gasteiger partial charge in [-0.25, -0.2) is 0 Å². The second kappa shape index (κ2) is 8.50. The molecule has 1 aromatic carbocycles. The van der Waals surface area contributed by atoms with Crippen LogP contribution in [-0.2, 0) is 11.2 Å². The minimum atomic E-state index is -0.810. The van der Waals surface area contributed by atoms with Gasteiger partial charge in [-0.2, -0.15) is 0 Å². The van der Waals surface area contributed by atoms with Gasteiger partial charge in [-0.3, -0.25) is 4.79 Å². The molecule has 0 amide bonds. The summed E-state index contributed by atoms with van der Waals surface area (Å²) in [7, 11) is 0. The van der Waals surface area contributed by atoms with Crippen molar-refractivity contribution < 1.29 is 9.90 Å². The fourth-order valence-electron chi connectivity index (χ4n) is 2.27. The number of carbonyl (C=O) groups is 1. The topological polar surface area (TPSA) is 63.3 Å². The molecular weight excluding hydrogens is 297 g/mol. The van der Waals surface area contributed by atoms with Crippen molar-refractivity contribution in [3.63, 3.8) is 0 Å². The van der Waals surface area contributed by atoms with E-state index in [1.165, 1.54) is 0 Å². The Morgan fingerprint density at radius 1 is 1.40 bits per heavy atom. The summed E-state index contributed by atoms with van der Waals surface area (Å²) in [6.45, 7) is 2.26. The predicted octanol–water partition coefficient (Wildman–Crippen LogP) is 4.00. The van der Waals surface area contributed by atoms with Gasteiger partial charge in [0.2, 0.25) is 0 Å². The number of hydrogen-bond donors (Lipinski definition) is 2. The molecule has 0 radical (unpaired) electrons. The van der Waals surface area contributed by atoms with E-state index in [-0.39, 0.29) is 6.54 Å². The zero-order valence-electron chi connectivity index (χ0n) is 11.6. The summed E-state index contributed by atoms with van der Waals surface area (Å²) >= 11 is 12.0. The Bertz CT molecular complexity index is 451. The highest BCUT2D eigenvalue weighted by molar-refractivity contribution is 6.35. The third kappa shape index (κ3) is 5.31. The van der Waals surface area contributed by atoms with Gasteiger partial charge in [0, 0.05) is 16.6 Å². The predicted molar refractivity (Wildman–Crippen MR) is 83.4 cm³/mol. The van der Waals surface area contributed by atoms with Crippen molar-refractivity contribution in [2.45, 2.75) is 32.6 Å². The van der Waals surface area contributed by atoms with Gasteiger partial charge in [-0.1, -0.05) is 42.6 Å². The monoisotopic (exact) mass is 317 g/mol.